The van der Waals surface area contributed by atoms with Crippen LogP contribution in [0.2, 0.25) is 0 Å². The van der Waals surface area contributed by atoms with Gasteiger partial charge < -0.3 is 35.1 Å². The minimum atomic E-state index is -0.565. The maximum atomic E-state index is 12.2. The Balaban J connectivity index is 0.000000472. The first-order valence-corrected chi connectivity index (χ1v) is 15.3. The smallest absolute Gasteiger partial charge is 0.410 e. The molecule has 10 nitrogen and oxygen atoms in total. The van der Waals surface area contributed by atoms with Gasteiger partial charge in [0.1, 0.15) is 18.8 Å². The largest absolute Gasteiger partial charge is 0.445 e. The van der Waals surface area contributed by atoms with Gasteiger partial charge in [0.05, 0.1) is 6.04 Å². The predicted octanol–water partition coefficient (Wildman–Crippen LogP) is 6.74. The standard InChI is InChI=1S/C20H32N2O4.C15H24N2O2/c1-19(2,3)16(13-22(7)18(24)26-20(4,5)6)21-17(23)25-14-15-11-9-8-10-12-15;1-15(2,3)13(10-16-4)17-14(18)19-11-12-8-6-5-7-9-12/h8-12,16H,13-14H2,1-7H3,(H,21,23);5-9,13,16H,10-11H2,1-4H3,(H,17,18)/t16-;13-/m11/s1. The predicted molar refractivity (Wildman–Crippen MR) is 179 cm³/mol. The lowest BCUT2D eigenvalue weighted by Gasteiger charge is -2.34. The van der Waals surface area contributed by atoms with Crippen LogP contribution < -0.4 is 16.0 Å². The summed E-state index contributed by atoms with van der Waals surface area (Å²) in [6.45, 7) is 19.2. The van der Waals surface area contributed by atoms with Crippen molar-refractivity contribution in [2.45, 2.75) is 93.2 Å². The molecule has 2 atom stereocenters. The number of carbonyl (C=O) groups excluding carboxylic acids is 3. The number of hydrogen-bond acceptors (Lipinski definition) is 7. The van der Waals surface area contributed by atoms with E-state index < -0.39 is 17.8 Å². The van der Waals surface area contributed by atoms with Crippen molar-refractivity contribution in [3.8, 4) is 0 Å². The number of rotatable bonds is 10. The van der Waals surface area contributed by atoms with Gasteiger partial charge in [-0.15, -0.1) is 0 Å². The van der Waals surface area contributed by atoms with Crippen LogP contribution in [0.25, 0.3) is 0 Å². The van der Waals surface area contributed by atoms with E-state index in [2.05, 4.69) is 36.7 Å². The van der Waals surface area contributed by atoms with Crippen LogP contribution in [0.4, 0.5) is 14.4 Å². The molecule has 0 bridgehead atoms. The van der Waals surface area contributed by atoms with Crippen molar-refractivity contribution in [3.63, 3.8) is 0 Å². The molecular formula is C35H56N4O6. The molecule has 2 rings (SSSR count). The molecule has 2 aromatic carbocycles. The van der Waals surface area contributed by atoms with Gasteiger partial charge in [0.15, 0.2) is 0 Å². The monoisotopic (exact) mass is 628 g/mol. The third-order valence-electron chi connectivity index (χ3n) is 6.67. The summed E-state index contributed by atoms with van der Waals surface area (Å²) < 4.78 is 15.9. The molecule has 0 saturated heterocycles. The molecule has 45 heavy (non-hydrogen) atoms. The maximum Gasteiger partial charge on any atom is 0.410 e. The third kappa shape index (κ3) is 17.3. The van der Waals surface area contributed by atoms with Gasteiger partial charge in [-0.1, -0.05) is 102 Å². The molecule has 0 aliphatic carbocycles. The zero-order valence-corrected chi connectivity index (χ0v) is 29.2. The summed E-state index contributed by atoms with van der Waals surface area (Å²) in [5.41, 5.74) is 1.06. The molecule has 0 aliphatic rings. The van der Waals surface area contributed by atoms with Gasteiger partial charge >= 0.3 is 18.3 Å². The van der Waals surface area contributed by atoms with E-state index in [1.807, 2.05) is 109 Å². The zero-order chi connectivity index (χ0) is 34.3. The second-order valence-electron chi connectivity index (χ2n) is 14.2. The average Bonchev–Trinajstić information content (AvgIpc) is 2.94. The van der Waals surface area contributed by atoms with Gasteiger partial charge in [-0.25, -0.2) is 14.4 Å². The van der Waals surface area contributed by atoms with Gasteiger partial charge in [0, 0.05) is 26.2 Å². The van der Waals surface area contributed by atoms with E-state index in [1.165, 1.54) is 4.90 Å². The average molecular weight is 629 g/mol. The summed E-state index contributed by atoms with van der Waals surface area (Å²) in [5, 5.41) is 8.85. The highest BCUT2D eigenvalue weighted by Gasteiger charge is 2.31. The Kier molecular flexibility index (Phi) is 15.9. The molecule has 0 aliphatic heterocycles. The third-order valence-corrected chi connectivity index (χ3v) is 6.67. The molecule has 252 valence electrons. The summed E-state index contributed by atoms with van der Waals surface area (Å²) in [6, 6.07) is 18.9. The fourth-order valence-electron chi connectivity index (χ4n) is 3.82. The number of benzene rings is 2. The highest BCUT2D eigenvalue weighted by molar-refractivity contribution is 5.69. The van der Waals surface area contributed by atoms with Crippen LogP contribution in [0.5, 0.6) is 0 Å². The van der Waals surface area contributed by atoms with E-state index in [0.29, 0.717) is 19.7 Å². The molecule has 0 spiro atoms. The highest BCUT2D eigenvalue weighted by atomic mass is 16.6. The number of amides is 3. The molecule has 0 aromatic heterocycles. The SMILES string of the molecule is CN(C[C@@H](NC(=O)OCc1ccccc1)C(C)(C)C)C(=O)OC(C)(C)C.CNC[C@@H](NC(=O)OCc1ccccc1)C(C)(C)C. The van der Waals surface area contributed by atoms with Crippen LogP contribution in [-0.4, -0.2) is 68.0 Å². The summed E-state index contributed by atoms with van der Waals surface area (Å²) in [6.07, 6.45) is -1.31. The number of alkyl carbamates (subject to hydrolysis) is 2. The second-order valence-corrected chi connectivity index (χ2v) is 14.2. The fourth-order valence-corrected chi connectivity index (χ4v) is 3.82. The fraction of sp³-hybridized carbons (Fsp3) is 0.571. The molecular weight excluding hydrogens is 572 g/mol. The van der Waals surface area contributed by atoms with Gasteiger partial charge in [0.2, 0.25) is 0 Å². The number of ether oxygens (including phenoxy) is 3. The maximum absolute atomic E-state index is 12.2. The first kappa shape index (κ1) is 39.2. The number of likely N-dealkylation sites (N-methyl/N-ethyl adjacent to an activating group) is 2. The Hall–Kier alpha value is -3.79. The minimum Gasteiger partial charge on any atom is -0.445 e. The molecule has 0 fully saturated rings. The van der Waals surface area contributed by atoms with Crippen molar-refractivity contribution in [1.29, 1.82) is 0 Å². The number of hydrogen-bond donors (Lipinski definition) is 3. The van der Waals surface area contributed by atoms with Crippen LogP contribution in [0.3, 0.4) is 0 Å². The lowest BCUT2D eigenvalue weighted by atomic mass is 9.86. The van der Waals surface area contributed by atoms with Crippen LogP contribution in [-0.2, 0) is 27.4 Å². The molecule has 2 aromatic rings. The van der Waals surface area contributed by atoms with Gasteiger partial charge in [-0.2, -0.15) is 0 Å². The van der Waals surface area contributed by atoms with E-state index in [0.717, 1.165) is 11.1 Å². The lowest BCUT2D eigenvalue weighted by Crippen LogP contribution is -2.51. The van der Waals surface area contributed by atoms with E-state index >= 15 is 0 Å². The van der Waals surface area contributed by atoms with Crippen molar-refractivity contribution >= 4 is 18.3 Å². The number of nitrogens with zero attached hydrogens (tertiary/aromatic N) is 1. The van der Waals surface area contributed by atoms with Crippen molar-refractivity contribution in [1.82, 2.24) is 20.9 Å². The normalized spacial score (nSPS) is 12.9. The topological polar surface area (TPSA) is 118 Å². The number of carbonyl (C=O) groups is 3. The molecule has 0 unspecified atom stereocenters. The van der Waals surface area contributed by atoms with Crippen LogP contribution in [0, 0.1) is 10.8 Å². The Labute approximate surface area is 270 Å². The van der Waals surface area contributed by atoms with E-state index in [4.69, 9.17) is 14.2 Å². The minimum absolute atomic E-state index is 0.0191. The highest BCUT2D eigenvalue weighted by Crippen LogP contribution is 2.21. The van der Waals surface area contributed by atoms with Crippen molar-refractivity contribution in [3.05, 3.63) is 71.8 Å². The van der Waals surface area contributed by atoms with Crippen molar-refractivity contribution < 1.29 is 28.6 Å². The second kappa shape index (κ2) is 18.2. The van der Waals surface area contributed by atoms with Crippen LogP contribution >= 0.6 is 0 Å². The summed E-state index contributed by atoms with van der Waals surface area (Å²) >= 11 is 0. The van der Waals surface area contributed by atoms with Crippen LogP contribution in [0.15, 0.2) is 60.7 Å². The molecule has 3 amide bonds. The molecule has 0 radical (unpaired) electrons. The first-order chi connectivity index (χ1) is 20.8. The van der Waals surface area contributed by atoms with E-state index in [1.54, 1.807) is 7.05 Å². The molecule has 3 N–H and O–H groups in total. The van der Waals surface area contributed by atoms with Gasteiger partial charge in [-0.05, 0) is 49.8 Å². The van der Waals surface area contributed by atoms with Crippen molar-refractivity contribution in [2.24, 2.45) is 10.8 Å². The first-order valence-electron chi connectivity index (χ1n) is 15.3. The molecule has 0 heterocycles. The number of nitrogens with one attached hydrogen (secondary N) is 3. The van der Waals surface area contributed by atoms with Gasteiger partial charge in [0.25, 0.3) is 0 Å². The molecule has 0 saturated carbocycles. The summed E-state index contributed by atoms with van der Waals surface area (Å²) in [7, 11) is 3.53. The van der Waals surface area contributed by atoms with E-state index in [-0.39, 0.29) is 35.6 Å². The van der Waals surface area contributed by atoms with Gasteiger partial charge in [-0.3, -0.25) is 0 Å². The Bertz CT molecular complexity index is 1150. The Morgan fingerprint density at radius 3 is 1.44 bits per heavy atom. The Morgan fingerprint density at radius 2 is 1.09 bits per heavy atom. The summed E-state index contributed by atoms with van der Waals surface area (Å²) in [4.78, 5) is 37.6. The van der Waals surface area contributed by atoms with Crippen molar-refractivity contribution in [2.75, 3.05) is 27.2 Å². The molecule has 10 heteroatoms. The van der Waals surface area contributed by atoms with Crippen LogP contribution in [0.1, 0.15) is 73.4 Å². The zero-order valence-electron chi connectivity index (χ0n) is 29.2. The van der Waals surface area contributed by atoms with E-state index in [9.17, 15) is 14.4 Å². The quantitative estimate of drug-likeness (QED) is 0.249. The Morgan fingerprint density at radius 1 is 0.689 bits per heavy atom. The lowest BCUT2D eigenvalue weighted by molar-refractivity contribution is 0.0253. The summed E-state index contributed by atoms with van der Waals surface area (Å²) in [5.74, 6) is 0.